The Labute approximate surface area is 58.1 Å². The van der Waals surface area contributed by atoms with Gasteiger partial charge in [0, 0.05) is 6.21 Å². The summed E-state index contributed by atoms with van der Waals surface area (Å²) in [6.45, 7) is 0. The number of nitrogens with zero attached hydrogens (tertiary/aromatic N) is 1. The van der Waals surface area contributed by atoms with E-state index in [0.29, 0.717) is 9.85 Å². The minimum atomic E-state index is 0.516. The highest BCUT2D eigenvalue weighted by Crippen LogP contribution is 1.93. The number of rotatable bonds is 0. The van der Waals surface area contributed by atoms with E-state index in [0.717, 1.165) is 0 Å². The van der Waals surface area contributed by atoms with Crippen molar-refractivity contribution in [3.05, 3.63) is 12.2 Å². The molecule has 0 bridgehead atoms. The van der Waals surface area contributed by atoms with Gasteiger partial charge in [-0.15, -0.1) is 0 Å². The molecule has 0 unspecified atom stereocenters. The lowest BCUT2D eigenvalue weighted by molar-refractivity contribution is 1.82. The van der Waals surface area contributed by atoms with Crippen molar-refractivity contribution >= 4 is 40.5 Å². The first-order valence-corrected chi connectivity index (χ1v) is 2.91. The predicted octanol–water partition coefficient (Wildman–Crippen LogP) is 1.32. The smallest absolute Gasteiger partial charge is 0.144 e. The zero-order valence-corrected chi connectivity index (χ0v) is 5.63. The lowest BCUT2D eigenvalue weighted by Crippen LogP contribution is -2.05. The third kappa shape index (κ3) is 1.05. The Balaban J connectivity index is 2.89. The quantitative estimate of drug-likeness (QED) is 0.472. The fraction of sp³-hybridized carbons (Fsp3) is 0. The predicted molar refractivity (Wildman–Crippen MR) is 42.8 cm³/mol. The zero-order chi connectivity index (χ0) is 5.98. The molecule has 0 radical (unpaired) electrons. The van der Waals surface area contributed by atoms with Crippen LogP contribution in [-0.2, 0) is 0 Å². The Morgan fingerprint density at radius 2 is 2.12 bits per heavy atom. The molecular weight excluding hydrogens is 138 g/mol. The Morgan fingerprint density at radius 1 is 1.38 bits per heavy atom. The van der Waals surface area contributed by atoms with Gasteiger partial charge in [-0.1, -0.05) is 24.4 Å². The van der Waals surface area contributed by atoms with E-state index >= 15 is 0 Å². The summed E-state index contributed by atoms with van der Waals surface area (Å²) in [6, 6.07) is 0. The largest absolute Gasteiger partial charge is 0.244 e. The van der Waals surface area contributed by atoms with Crippen LogP contribution in [0.1, 0.15) is 0 Å². The Hall–Kier alpha value is -0.410. The highest BCUT2D eigenvalue weighted by Gasteiger charge is 1.98. The number of thiocarbonyl (C=S) groups is 2. The summed E-state index contributed by atoms with van der Waals surface area (Å²) < 4.78 is 0. The summed E-state index contributed by atoms with van der Waals surface area (Å²) in [5.74, 6) is 0. The molecule has 1 aliphatic heterocycles. The standard InChI is InChI=1S/C5H3NS2/c7-4-2-1-3-6-5(4)8/h1-3H. The molecule has 0 aromatic heterocycles. The molecule has 0 aliphatic carbocycles. The van der Waals surface area contributed by atoms with Gasteiger partial charge in [0.25, 0.3) is 0 Å². The van der Waals surface area contributed by atoms with Crippen LogP contribution in [0.15, 0.2) is 17.1 Å². The van der Waals surface area contributed by atoms with Crippen LogP contribution in [0.4, 0.5) is 0 Å². The van der Waals surface area contributed by atoms with Crippen molar-refractivity contribution in [2.75, 3.05) is 0 Å². The average Bonchev–Trinajstić information content (AvgIpc) is 1.77. The van der Waals surface area contributed by atoms with E-state index in [-0.39, 0.29) is 0 Å². The maximum absolute atomic E-state index is 4.79. The fourth-order valence-electron chi connectivity index (χ4n) is 0.376. The van der Waals surface area contributed by atoms with Gasteiger partial charge in [-0.25, -0.2) is 4.99 Å². The third-order valence-electron chi connectivity index (χ3n) is 0.736. The summed E-state index contributed by atoms with van der Waals surface area (Å²) in [7, 11) is 0. The maximum atomic E-state index is 4.79. The van der Waals surface area contributed by atoms with Gasteiger partial charge in [0.05, 0.1) is 4.86 Å². The molecule has 3 heteroatoms. The van der Waals surface area contributed by atoms with E-state index < -0.39 is 0 Å². The molecule has 0 aromatic carbocycles. The highest BCUT2D eigenvalue weighted by molar-refractivity contribution is 7.89. The second-order valence-corrected chi connectivity index (χ2v) is 2.13. The maximum Gasteiger partial charge on any atom is 0.144 e. The van der Waals surface area contributed by atoms with Crippen molar-refractivity contribution in [2.45, 2.75) is 0 Å². The van der Waals surface area contributed by atoms with Crippen LogP contribution in [0.2, 0.25) is 0 Å². The van der Waals surface area contributed by atoms with Crippen LogP contribution in [0, 0.1) is 0 Å². The van der Waals surface area contributed by atoms with Crippen molar-refractivity contribution in [3.8, 4) is 0 Å². The second kappa shape index (κ2) is 2.24. The number of hydrogen-bond acceptors (Lipinski definition) is 2. The van der Waals surface area contributed by atoms with Crippen LogP contribution in [0.25, 0.3) is 0 Å². The molecule has 0 N–H and O–H groups in total. The highest BCUT2D eigenvalue weighted by atomic mass is 32.1. The minimum Gasteiger partial charge on any atom is -0.244 e. The molecule has 1 heterocycles. The number of dihydropyridines is 1. The van der Waals surface area contributed by atoms with Gasteiger partial charge < -0.3 is 0 Å². The van der Waals surface area contributed by atoms with Gasteiger partial charge in [0.15, 0.2) is 0 Å². The van der Waals surface area contributed by atoms with Crippen LogP contribution >= 0.6 is 24.4 Å². The van der Waals surface area contributed by atoms with Crippen LogP contribution < -0.4 is 0 Å². The fourth-order valence-corrected chi connectivity index (χ4v) is 0.636. The molecule has 0 fully saturated rings. The van der Waals surface area contributed by atoms with Gasteiger partial charge in [-0.05, 0) is 12.2 Å². The first-order valence-electron chi connectivity index (χ1n) is 2.10. The molecule has 40 valence electrons. The molecule has 0 aromatic rings. The summed E-state index contributed by atoms with van der Waals surface area (Å²) in [6.07, 6.45) is 5.18. The molecule has 1 nitrogen and oxygen atoms in total. The molecule has 0 saturated carbocycles. The van der Waals surface area contributed by atoms with E-state index in [9.17, 15) is 0 Å². The Morgan fingerprint density at radius 3 is 2.50 bits per heavy atom. The number of aliphatic imine (C=N–C) groups is 1. The topological polar surface area (TPSA) is 12.4 Å². The van der Waals surface area contributed by atoms with Crippen molar-refractivity contribution < 1.29 is 0 Å². The summed E-state index contributed by atoms with van der Waals surface area (Å²) >= 11 is 9.52. The zero-order valence-electron chi connectivity index (χ0n) is 4.00. The van der Waals surface area contributed by atoms with Crippen LogP contribution in [0.3, 0.4) is 0 Å². The van der Waals surface area contributed by atoms with E-state index in [1.54, 1.807) is 18.4 Å². The van der Waals surface area contributed by atoms with Crippen molar-refractivity contribution in [1.82, 2.24) is 0 Å². The number of hydrogen-bond donors (Lipinski definition) is 0. The van der Waals surface area contributed by atoms with Gasteiger partial charge in [0.1, 0.15) is 4.99 Å². The Bertz CT molecular complexity index is 169. The first kappa shape index (κ1) is 5.72. The molecular formula is C5H3NS2. The van der Waals surface area contributed by atoms with E-state index in [2.05, 4.69) is 4.99 Å². The minimum absolute atomic E-state index is 0.516. The SMILES string of the molecule is S=C1C=CC=NC1=S. The van der Waals surface area contributed by atoms with Gasteiger partial charge in [-0.3, -0.25) is 0 Å². The molecule has 0 amide bonds. The molecule has 0 atom stereocenters. The summed E-state index contributed by atoms with van der Waals surface area (Å²) in [5.41, 5.74) is 0. The molecule has 1 aliphatic rings. The van der Waals surface area contributed by atoms with Crippen molar-refractivity contribution in [1.29, 1.82) is 0 Å². The normalized spacial score (nSPS) is 17.5. The summed E-state index contributed by atoms with van der Waals surface area (Å²) in [5, 5.41) is 0. The first-order chi connectivity index (χ1) is 3.80. The summed E-state index contributed by atoms with van der Waals surface area (Å²) in [4.78, 5) is 4.96. The third-order valence-corrected chi connectivity index (χ3v) is 1.52. The van der Waals surface area contributed by atoms with Gasteiger partial charge in [-0.2, -0.15) is 0 Å². The van der Waals surface area contributed by atoms with Gasteiger partial charge >= 0.3 is 0 Å². The van der Waals surface area contributed by atoms with Crippen molar-refractivity contribution in [2.24, 2.45) is 4.99 Å². The second-order valence-electron chi connectivity index (χ2n) is 1.31. The monoisotopic (exact) mass is 141 g/mol. The van der Waals surface area contributed by atoms with Crippen molar-refractivity contribution in [3.63, 3.8) is 0 Å². The average molecular weight is 141 g/mol. The van der Waals surface area contributed by atoms with E-state index in [1.807, 2.05) is 0 Å². The van der Waals surface area contributed by atoms with Crippen LogP contribution in [-0.4, -0.2) is 16.1 Å². The van der Waals surface area contributed by atoms with E-state index in [1.165, 1.54) is 0 Å². The van der Waals surface area contributed by atoms with Crippen LogP contribution in [0.5, 0.6) is 0 Å². The molecule has 1 rings (SSSR count). The lowest BCUT2D eigenvalue weighted by atomic mass is 10.3. The van der Waals surface area contributed by atoms with E-state index in [4.69, 9.17) is 24.4 Å². The Kier molecular flexibility index (Phi) is 1.60. The lowest BCUT2D eigenvalue weighted by Gasteiger charge is -1.95. The number of allylic oxidation sites excluding steroid dienone is 1. The molecule has 0 saturated heterocycles. The van der Waals surface area contributed by atoms with Gasteiger partial charge in [0.2, 0.25) is 0 Å². The molecule has 0 spiro atoms. The molecule has 8 heavy (non-hydrogen) atoms.